The highest BCUT2D eigenvalue weighted by Crippen LogP contribution is 2.30. The maximum atomic E-state index is 12.2. The molecule has 1 fully saturated rings. The van der Waals surface area contributed by atoms with E-state index < -0.39 is 11.2 Å². The van der Waals surface area contributed by atoms with Gasteiger partial charge in [0.1, 0.15) is 11.2 Å². The molecule has 0 aliphatic carbocycles. The van der Waals surface area contributed by atoms with Gasteiger partial charge in [0, 0.05) is 11.6 Å². The fourth-order valence-electron chi connectivity index (χ4n) is 2.33. The summed E-state index contributed by atoms with van der Waals surface area (Å²) in [5.74, 6) is 0. The monoisotopic (exact) mass is 311 g/mol. The Kier molecular flexibility index (Phi) is 4.49. The zero-order valence-electron chi connectivity index (χ0n) is 13.0. The van der Waals surface area contributed by atoms with Crippen molar-refractivity contribution in [3.8, 4) is 0 Å². The molecule has 4 nitrogen and oxygen atoms in total. The Labute approximate surface area is 131 Å². The van der Waals surface area contributed by atoms with Gasteiger partial charge in [-0.25, -0.2) is 4.79 Å². The first kappa shape index (κ1) is 16.1. The van der Waals surface area contributed by atoms with Gasteiger partial charge in [-0.15, -0.1) is 0 Å². The highest BCUT2D eigenvalue weighted by molar-refractivity contribution is 6.30. The normalized spacial score (nSPS) is 23.0. The van der Waals surface area contributed by atoms with Crippen LogP contribution in [0.15, 0.2) is 24.3 Å². The SMILES string of the molecule is CC(C)(C)OC(=O)N1CCOC(C)(c2ccc(Cl)cc2)C1. The molecule has 0 bridgehead atoms. The molecule has 0 saturated carbocycles. The first-order valence-corrected chi connectivity index (χ1v) is 7.45. The van der Waals surface area contributed by atoms with Gasteiger partial charge in [-0.3, -0.25) is 0 Å². The van der Waals surface area contributed by atoms with Gasteiger partial charge in [-0.2, -0.15) is 0 Å². The van der Waals surface area contributed by atoms with Gasteiger partial charge < -0.3 is 14.4 Å². The second kappa shape index (κ2) is 5.85. The summed E-state index contributed by atoms with van der Waals surface area (Å²) in [4.78, 5) is 13.9. The van der Waals surface area contributed by atoms with E-state index >= 15 is 0 Å². The quantitative estimate of drug-likeness (QED) is 0.791. The van der Waals surface area contributed by atoms with Gasteiger partial charge in [0.2, 0.25) is 0 Å². The topological polar surface area (TPSA) is 38.8 Å². The molecule has 2 rings (SSSR count). The average Bonchev–Trinajstić information content (AvgIpc) is 2.37. The predicted octanol–water partition coefficient (Wildman–Crippen LogP) is 3.82. The van der Waals surface area contributed by atoms with E-state index in [0.717, 1.165) is 5.56 Å². The van der Waals surface area contributed by atoms with Crippen LogP contribution >= 0.6 is 11.6 Å². The van der Waals surface area contributed by atoms with Crippen molar-refractivity contribution < 1.29 is 14.3 Å². The number of ether oxygens (including phenoxy) is 2. The number of carbonyl (C=O) groups is 1. The van der Waals surface area contributed by atoms with E-state index in [2.05, 4.69) is 0 Å². The molecule has 1 aliphatic rings. The summed E-state index contributed by atoms with van der Waals surface area (Å²) in [6.45, 7) is 9.06. The van der Waals surface area contributed by atoms with Crippen molar-refractivity contribution in [2.24, 2.45) is 0 Å². The Hall–Kier alpha value is -1.26. The number of carbonyl (C=O) groups excluding carboxylic acids is 1. The van der Waals surface area contributed by atoms with Crippen LogP contribution in [0.1, 0.15) is 33.3 Å². The minimum absolute atomic E-state index is 0.300. The molecule has 1 saturated heterocycles. The molecule has 0 N–H and O–H groups in total. The Morgan fingerprint density at radius 2 is 1.95 bits per heavy atom. The third kappa shape index (κ3) is 4.11. The van der Waals surface area contributed by atoms with Crippen molar-refractivity contribution in [1.29, 1.82) is 0 Å². The van der Waals surface area contributed by atoms with Crippen LogP contribution < -0.4 is 0 Å². The molecule has 5 heteroatoms. The Balaban J connectivity index is 2.12. The van der Waals surface area contributed by atoms with Gasteiger partial charge in [0.05, 0.1) is 13.2 Å². The molecule has 1 aromatic rings. The van der Waals surface area contributed by atoms with Crippen LogP contribution in [0.3, 0.4) is 0 Å². The van der Waals surface area contributed by atoms with Crippen LogP contribution in [0.5, 0.6) is 0 Å². The third-order valence-electron chi connectivity index (χ3n) is 3.38. The van der Waals surface area contributed by atoms with Gasteiger partial charge in [0.15, 0.2) is 0 Å². The van der Waals surface area contributed by atoms with Crippen molar-refractivity contribution in [3.63, 3.8) is 0 Å². The summed E-state index contributed by atoms with van der Waals surface area (Å²) in [5.41, 5.74) is -0.0358. The second-order valence-corrected chi connectivity index (χ2v) is 6.92. The highest BCUT2D eigenvalue weighted by Gasteiger charge is 2.37. The summed E-state index contributed by atoms with van der Waals surface area (Å²) in [6.07, 6.45) is -0.300. The molecule has 21 heavy (non-hydrogen) atoms. The Bertz CT molecular complexity index is 509. The van der Waals surface area contributed by atoms with Crippen LogP contribution in [-0.2, 0) is 15.1 Å². The molecule has 1 atom stereocenters. The molecule has 1 aliphatic heterocycles. The number of nitrogens with zero attached hydrogens (tertiary/aromatic N) is 1. The summed E-state index contributed by atoms with van der Waals surface area (Å²) < 4.78 is 11.3. The molecule has 0 spiro atoms. The molecule has 0 aromatic heterocycles. The average molecular weight is 312 g/mol. The second-order valence-electron chi connectivity index (χ2n) is 6.49. The minimum Gasteiger partial charge on any atom is -0.444 e. The Morgan fingerprint density at radius 3 is 2.52 bits per heavy atom. The van der Waals surface area contributed by atoms with Crippen molar-refractivity contribution in [3.05, 3.63) is 34.9 Å². The fraction of sp³-hybridized carbons (Fsp3) is 0.562. The lowest BCUT2D eigenvalue weighted by Gasteiger charge is -2.41. The van der Waals surface area contributed by atoms with E-state index in [4.69, 9.17) is 21.1 Å². The van der Waals surface area contributed by atoms with Crippen molar-refractivity contribution in [2.45, 2.75) is 38.9 Å². The molecule has 1 amide bonds. The van der Waals surface area contributed by atoms with E-state index in [9.17, 15) is 4.79 Å². The van der Waals surface area contributed by atoms with Gasteiger partial charge in [0.25, 0.3) is 0 Å². The molecule has 1 unspecified atom stereocenters. The first-order valence-electron chi connectivity index (χ1n) is 7.08. The molecular weight excluding hydrogens is 290 g/mol. The third-order valence-corrected chi connectivity index (χ3v) is 3.63. The number of benzene rings is 1. The van der Waals surface area contributed by atoms with E-state index in [0.29, 0.717) is 24.7 Å². The molecule has 0 radical (unpaired) electrons. The summed E-state index contributed by atoms with van der Waals surface area (Å²) in [5, 5.41) is 0.683. The van der Waals surface area contributed by atoms with Gasteiger partial charge >= 0.3 is 6.09 Å². The summed E-state index contributed by atoms with van der Waals surface area (Å²) >= 11 is 5.92. The van der Waals surface area contributed by atoms with Crippen LogP contribution in [0.2, 0.25) is 5.02 Å². The number of hydrogen-bond donors (Lipinski definition) is 0. The molecular formula is C16H22ClNO3. The minimum atomic E-state index is -0.542. The van der Waals surface area contributed by atoms with Crippen LogP contribution in [0.4, 0.5) is 4.79 Å². The lowest BCUT2D eigenvalue weighted by molar-refractivity contribution is -0.103. The number of morpholine rings is 1. The highest BCUT2D eigenvalue weighted by atomic mass is 35.5. The smallest absolute Gasteiger partial charge is 0.410 e. The number of hydrogen-bond acceptors (Lipinski definition) is 3. The summed E-state index contributed by atoms with van der Waals surface area (Å²) in [6, 6.07) is 7.53. The summed E-state index contributed by atoms with van der Waals surface area (Å²) in [7, 11) is 0. The van der Waals surface area contributed by atoms with E-state index in [1.165, 1.54) is 0 Å². The van der Waals surface area contributed by atoms with Crippen LogP contribution in [0, 0.1) is 0 Å². The van der Waals surface area contributed by atoms with Crippen molar-refractivity contribution in [1.82, 2.24) is 4.90 Å². The lowest BCUT2D eigenvalue weighted by Crippen LogP contribution is -2.51. The Morgan fingerprint density at radius 1 is 1.33 bits per heavy atom. The van der Waals surface area contributed by atoms with Crippen molar-refractivity contribution >= 4 is 17.7 Å². The van der Waals surface area contributed by atoms with E-state index in [-0.39, 0.29) is 6.09 Å². The van der Waals surface area contributed by atoms with Crippen molar-refractivity contribution in [2.75, 3.05) is 19.7 Å². The zero-order chi connectivity index (χ0) is 15.7. The molecule has 1 aromatic carbocycles. The maximum absolute atomic E-state index is 12.2. The number of rotatable bonds is 1. The van der Waals surface area contributed by atoms with Gasteiger partial charge in [-0.05, 0) is 45.4 Å². The first-order chi connectivity index (χ1) is 9.70. The maximum Gasteiger partial charge on any atom is 0.410 e. The lowest BCUT2D eigenvalue weighted by atomic mass is 9.94. The van der Waals surface area contributed by atoms with Crippen LogP contribution in [-0.4, -0.2) is 36.3 Å². The van der Waals surface area contributed by atoms with Gasteiger partial charge in [-0.1, -0.05) is 23.7 Å². The van der Waals surface area contributed by atoms with E-state index in [1.807, 2.05) is 52.0 Å². The zero-order valence-corrected chi connectivity index (χ0v) is 13.7. The number of amides is 1. The number of halogens is 1. The predicted molar refractivity (Wildman–Crippen MR) is 82.6 cm³/mol. The standard InChI is InChI=1S/C16H22ClNO3/c1-15(2,3)21-14(19)18-9-10-20-16(4,11-18)12-5-7-13(17)8-6-12/h5-8H,9-11H2,1-4H3. The molecule has 1 heterocycles. The fourth-order valence-corrected chi connectivity index (χ4v) is 2.46. The van der Waals surface area contributed by atoms with E-state index in [1.54, 1.807) is 4.90 Å². The molecule has 116 valence electrons. The van der Waals surface area contributed by atoms with Crippen LogP contribution in [0.25, 0.3) is 0 Å². The largest absolute Gasteiger partial charge is 0.444 e.